The lowest BCUT2D eigenvalue weighted by Crippen LogP contribution is -2.40. The molecule has 10 nitrogen and oxygen atoms in total. The number of imide groups is 1. The largest absolute Gasteiger partial charge is 0.466 e. The molecule has 3 amide bonds. The molecule has 0 bridgehead atoms. The van der Waals surface area contributed by atoms with Gasteiger partial charge in [-0.1, -0.05) is 0 Å². The minimum Gasteiger partial charge on any atom is -0.466 e. The Labute approximate surface area is 164 Å². The van der Waals surface area contributed by atoms with Crippen LogP contribution >= 0.6 is 0 Å². The summed E-state index contributed by atoms with van der Waals surface area (Å²) in [5.41, 5.74) is 4.94. The molecular formula is C18H16FN7O3. The number of amides is 3. The highest BCUT2D eigenvalue weighted by atomic mass is 19.1. The van der Waals surface area contributed by atoms with E-state index in [1.54, 1.807) is 19.1 Å². The van der Waals surface area contributed by atoms with Crippen molar-refractivity contribution < 1.29 is 18.4 Å². The van der Waals surface area contributed by atoms with Crippen LogP contribution in [-0.2, 0) is 16.9 Å². The number of urea groups is 1. The van der Waals surface area contributed by atoms with Crippen LogP contribution in [0, 0.1) is 5.82 Å². The van der Waals surface area contributed by atoms with E-state index in [1.807, 2.05) is 0 Å². The zero-order valence-electron chi connectivity index (χ0n) is 15.2. The van der Waals surface area contributed by atoms with Crippen molar-refractivity contribution >= 4 is 29.5 Å². The van der Waals surface area contributed by atoms with Crippen molar-refractivity contribution in [2.75, 3.05) is 11.1 Å². The molecule has 0 unspecified atom stereocenters. The molecule has 11 heteroatoms. The highest BCUT2D eigenvalue weighted by Gasteiger charge is 2.51. The van der Waals surface area contributed by atoms with Gasteiger partial charge in [0.25, 0.3) is 5.91 Å². The van der Waals surface area contributed by atoms with Crippen molar-refractivity contribution in [3.05, 3.63) is 60.1 Å². The third kappa shape index (κ3) is 3.45. The minimum absolute atomic E-state index is 0.0968. The Morgan fingerprint density at radius 2 is 1.97 bits per heavy atom. The van der Waals surface area contributed by atoms with Crippen molar-refractivity contribution in [1.82, 2.24) is 25.2 Å². The van der Waals surface area contributed by atoms with Gasteiger partial charge in [-0.2, -0.15) is 15.0 Å². The van der Waals surface area contributed by atoms with Gasteiger partial charge < -0.3 is 20.8 Å². The molecule has 4 N–H and O–H groups in total. The SMILES string of the molecule is C[C@]1(c2ccco2)NC(=O)N(Cc2nc(N)nc(Nc3ccc(F)cc3)n2)C1=O. The van der Waals surface area contributed by atoms with Gasteiger partial charge in [0, 0.05) is 5.69 Å². The van der Waals surface area contributed by atoms with Gasteiger partial charge >= 0.3 is 6.03 Å². The van der Waals surface area contributed by atoms with Crippen LogP contribution in [0.5, 0.6) is 0 Å². The van der Waals surface area contributed by atoms with E-state index in [0.717, 1.165) is 4.90 Å². The average Bonchev–Trinajstić information content (AvgIpc) is 3.28. The summed E-state index contributed by atoms with van der Waals surface area (Å²) >= 11 is 0. The first-order chi connectivity index (χ1) is 13.8. The molecule has 0 spiro atoms. The van der Waals surface area contributed by atoms with E-state index in [0.29, 0.717) is 11.4 Å². The second kappa shape index (κ2) is 6.86. The fraction of sp³-hybridized carbons (Fsp3) is 0.167. The molecular weight excluding hydrogens is 381 g/mol. The smallest absolute Gasteiger partial charge is 0.325 e. The van der Waals surface area contributed by atoms with Gasteiger partial charge in [-0.15, -0.1) is 0 Å². The number of rotatable bonds is 5. The predicted molar refractivity (Wildman–Crippen MR) is 99.1 cm³/mol. The zero-order chi connectivity index (χ0) is 20.6. The number of carbonyl (C=O) groups is 2. The lowest BCUT2D eigenvalue weighted by molar-refractivity contribution is -0.132. The van der Waals surface area contributed by atoms with E-state index < -0.39 is 17.5 Å². The van der Waals surface area contributed by atoms with Crippen LogP contribution < -0.4 is 16.4 Å². The summed E-state index contributed by atoms with van der Waals surface area (Å²) in [4.78, 5) is 38.4. The molecule has 148 valence electrons. The maximum absolute atomic E-state index is 13.0. The summed E-state index contributed by atoms with van der Waals surface area (Å²) in [5.74, 6) is -0.476. The molecule has 0 aliphatic carbocycles. The van der Waals surface area contributed by atoms with Crippen LogP contribution in [0.4, 0.5) is 26.8 Å². The molecule has 1 aliphatic heterocycles. The summed E-state index contributed by atoms with van der Waals surface area (Å²) in [6.45, 7) is 1.33. The Balaban J connectivity index is 1.56. The Kier molecular flexibility index (Phi) is 4.34. The van der Waals surface area contributed by atoms with Crippen molar-refractivity contribution in [2.24, 2.45) is 0 Å². The van der Waals surface area contributed by atoms with E-state index in [-0.39, 0.29) is 30.1 Å². The van der Waals surface area contributed by atoms with Gasteiger partial charge in [-0.3, -0.25) is 9.69 Å². The minimum atomic E-state index is -1.33. The molecule has 29 heavy (non-hydrogen) atoms. The number of carbonyl (C=O) groups excluding carboxylic acids is 2. The molecule has 1 saturated heterocycles. The highest BCUT2D eigenvalue weighted by molar-refractivity contribution is 6.06. The molecule has 1 fully saturated rings. The van der Waals surface area contributed by atoms with Gasteiger partial charge in [0.1, 0.15) is 11.6 Å². The quantitative estimate of drug-likeness (QED) is 0.555. The van der Waals surface area contributed by atoms with Crippen LogP contribution in [-0.4, -0.2) is 31.8 Å². The Morgan fingerprint density at radius 3 is 2.66 bits per heavy atom. The second-order valence-electron chi connectivity index (χ2n) is 6.49. The van der Waals surface area contributed by atoms with Crippen LogP contribution in [0.15, 0.2) is 47.1 Å². The van der Waals surface area contributed by atoms with Gasteiger partial charge in [0.2, 0.25) is 11.9 Å². The van der Waals surface area contributed by atoms with E-state index in [9.17, 15) is 14.0 Å². The molecule has 0 saturated carbocycles. The van der Waals surface area contributed by atoms with Gasteiger partial charge in [-0.25, -0.2) is 9.18 Å². The van der Waals surface area contributed by atoms with Crippen molar-refractivity contribution in [3.63, 3.8) is 0 Å². The summed E-state index contributed by atoms with van der Waals surface area (Å²) < 4.78 is 18.3. The number of nitrogens with zero attached hydrogens (tertiary/aromatic N) is 4. The highest BCUT2D eigenvalue weighted by Crippen LogP contribution is 2.29. The van der Waals surface area contributed by atoms with E-state index >= 15 is 0 Å². The lowest BCUT2D eigenvalue weighted by Gasteiger charge is -2.18. The van der Waals surface area contributed by atoms with E-state index in [1.165, 1.54) is 30.5 Å². The number of furan rings is 1. The topological polar surface area (TPSA) is 139 Å². The summed E-state index contributed by atoms with van der Waals surface area (Å²) in [7, 11) is 0. The first-order valence-electron chi connectivity index (χ1n) is 8.56. The Morgan fingerprint density at radius 1 is 1.21 bits per heavy atom. The first kappa shape index (κ1) is 18.3. The Bertz CT molecular complexity index is 1070. The summed E-state index contributed by atoms with van der Waals surface area (Å²) in [5, 5.41) is 5.49. The molecule has 3 aromatic rings. The molecule has 0 radical (unpaired) electrons. The lowest BCUT2D eigenvalue weighted by atomic mass is 9.99. The van der Waals surface area contributed by atoms with Crippen molar-refractivity contribution in [3.8, 4) is 0 Å². The number of benzene rings is 1. The number of nitrogens with one attached hydrogen (secondary N) is 2. The number of nitrogen functional groups attached to an aromatic ring is 1. The fourth-order valence-corrected chi connectivity index (χ4v) is 2.94. The number of halogens is 1. The number of hydrogen-bond acceptors (Lipinski definition) is 8. The Hall–Kier alpha value is -4.02. The number of anilines is 3. The maximum Gasteiger partial charge on any atom is 0.325 e. The molecule has 2 aromatic heterocycles. The van der Waals surface area contributed by atoms with Gasteiger partial charge in [-0.05, 0) is 43.3 Å². The molecule has 1 atom stereocenters. The number of nitrogens with two attached hydrogens (primary N) is 1. The molecule has 1 aliphatic rings. The molecule has 3 heterocycles. The van der Waals surface area contributed by atoms with Crippen LogP contribution in [0.1, 0.15) is 18.5 Å². The van der Waals surface area contributed by atoms with Crippen LogP contribution in [0.3, 0.4) is 0 Å². The van der Waals surface area contributed by atoms with Gasteiger partial charge in [0.05, 0.1) is 12.8 Å². The zero-order valence-corrected chi connectivity index (χ0v) is 15.2. The average molecular weight is 397 g/mol. The maximum atomic E-state index is 13.0. The summed E-state index contributed by atoms with van der Waals surface area (Å²) in [6.07, 6.45) is 1.42. The monoisotopic (exact) mass is 397 g/mol. The third-order valence-corrected chi connectivity index (χ3v) is 4.39. The van der Waals surface area contributed by atoms with Crippen LogP contribution in [0.2, 0.25) is 0 Å². The van der Waals surface area contributed by atoms with Crippen molar-refractivity contribution in [2.45, 2.75) is 19.0 Å². The van der Waals surface area contributed by atoms with E-state index in [2.05, 4.69) is 25.6 Å². The van der Waals surface area contributed by atoms with Gasteiger partial charge in [0.15, 0.2) is 11.4 Å². The normalized spacial score (nSPS) is 18.8. The third-order valence-electron chi connectivity index (χ3n) is 4.39. The van der Waals surface area contributed by atoms with Crippen molar-refractivity contribution in [1.29, 1.82) is 0 Å². The summed E-state index contributed by atoms with van der Waals surface area (Å²) in [6, 6.07) is 8.17. The number of hydrogen-bond donors (Lipinski definition) is 3. The standard InChI is InChI=1S/C18H16FN7O3/c1-18(12-3-2-8-29-12)14(27)26(17(28)25-18)9-13-22-15(20)24-16(23-13)21-11-6-4-10(19)5-7-11/h2-8H,9H2,1H3,(H,25,28)(H3,20,21,22,23,24)/t18-/m1/s1. The molecule has 1 aromatic carbocycles. The molecule has 4 rings (SSSR count). The predicted octanol–water partition coefficient (Wildman–Crippen LogP) is 1.90. The fourth-order valence-electron chi connectivity index (χ4n) is 2.94. The van der Waals surface area contributed by atoms with E-state index in [4.69, 9.17) is 10.2 Å². The number of aromatic nitrogens is 3. The van der Waals surface area contributed by atoms with Crippen LogP contribution in [0.25, 0.3) is 0 Å². The second-order valence-corrected chi connectivity index (χ2v) is 6.49. The first-order valence-corrected chi connectivity index (χ1v) is 8.56.